The number of anilines is 3. The second kappa shape index (κ2) is 11.5. The van der Waals surface area contributed by atoms with Crippen LogP contribution in [0.3, 0.4) is 0 Å². The number of nitriles is 1. The van der Waals surface area contributed by atoms with Crippen molar-refractivity contribution in [3.8, 4) is 6.07 Å². The summed E-state index contributed by atoms with van der Waals surface area (Å²) in [6, 6.07) is 13.4. The normalized spacial score (nSPS) is 13.1. The molecular formula is C29H35N9O. The highest BCUT2D eigenvalue weighted by atomic mass is 16.1. The monoisotopic (exact) mass is 525 g/mol. The summed E-state index contributed by atoms with van der Waals surface area (Å²) in [5.74, 6) is -0.271. The fraction of sp³-hybridized carbons (Fsp3) is 0.310. The number of carbonyl (C=O) groups is 1. The number of amides is 1. The van der Waals surface area contributed by atoms with E-state index in [0.717, 1.165) is 47.0 Å². The highest BCUT2D eigenvalue weighted by molar-refractivity contribution is 6.04. The van der Waals surface area contributed by atoms with Crippen LogP contribution in [0.15, 0.2) is 61.2 Å². The summed E-state index contributed by atoms with van der Waals surface area (Å²) < 4.78 is 0. The predicted octanol–water partition coefficient (Wildman–Crippen LogP) is 3.66. The summed E-state index contributed by atoms with van der Waals surface area (Å²) in [6.07, 6.45) is 7.24. The number of aryl methyl sites for hydroxylation is 1. The molecule has 3 aromatic rings. The fourth-order valence-electron chi connectivity index (χ4n) is 4.00. The molecule has 1 aliphatic heterocycles. The molecule has 10 nitrogen and oxygen atoms in total. The lowest BCUT2D eigenvalue weighted by atomic mass is 9.85. The minimum Gasteiger partial charge on any atom is -0.372 e. The number of carbonyl (C=O) groups excluding carboxylic acids is 1. The van der Waals surface area contributed by atoms with Crippen molar-refractivity contribution in [2.75, 3.05) is 49.5 Å². The number of hydrogen-bond acceptors (Lipinski definition) is 9. The minimum atomic E-state index is -0.690. The lowest BCUT2D eigenvalue weighted by Gasteiger charge is -2.21. The van der Waals surface area contributed by atoms with Crippen molar-refractivity contribution in [1.82, 2.24) is 25.8 Å². The summed E-state index contributed by atoms with van der Waals surface area (Å²) in [5.41, 5.74) is 11.9. The van der Waals surface area contributed by atoms with Gasteiger partial charge in [-0.2, -0.15) is 5.26 Å². The molecule has 0 saturated carbocycles. The Labute approximate surface area is 229 Å². The molecule has 3 heterocycles. The van der Waals surface area contributed by atoms with Crippen LogP contribution in [0.2, 0.25) is 0 Å². The van der Waals surface area contributed by atoms with Crippen LogP contribution in [0.5, 0.6) is 0 Å². The molecule has 0 saturated heterocycles. The van der Waals surface area contributed by atoms with E-state index in [2.05, 4.69) is 69.3 Å². The average molecular weight is 526 g/mol. The lowest BCUT2D eigenvalue weighted by Crippen LogP contribution is -2.36. The minimum absolute atomic E-state index is 0.271. The lowest BCUT2D eigenvalue weighted by molar-refractivity contribution is 0.102. The smallest absolute Gasteiger partial charge is 0.255 e. The molecule has 10 heteroatoms. The number of pyridine rings is 2. The Bertz CT molecular complexity index is 1420. The van der Waals surface area contributed by atoms with Crippen LogP contribution < -0.4 is 26.2 Å². The standard InChI is InChI=1S/C29H35N9O/c1-20-27(14-24(16-32-20)33-28(39)21-8-7-9-23(12-21)29(2,3)19-30)38-18-26(34-35-38)22-13-25(17-31-15-22)37(6)11-10-36(4)5/h7-9,12-18,34-35H,10-11H2,1-6H3,(H,33,39). The molecule has 202 valence electrons. The summed E-state index contributed by atoms with van der Waals surface area (Å²) in [4.78, 5) is 26.3. The van der Waals surface area contributed by atoms with E-state index in [4.69, 9.17) is 0 Å². The zero-order valence-corrected chi connectivity index (χ0v) is 23.3. The number of likely N-dealkylation sites (N-methyl/N-ethyl adjacent to an activating group) is 2. The summed E-state index contributed by atoms with van der Waals surface area (Å²) in [5, 5.41) is 14.2. The summed E-state index contributed by atoms with van der Waals surface area (Å²) in [6.45, 7) is 7.39. The van der Waals surface area contributed by atoms with Gasteiger partial charge in [0.2, 0.25) is 0 Å². The molecule has 1 aromatic carbocycles. The van der Waals surface area contributed by atoms with E-state index in [1.54, 1.807) is 24.4 Å². The van der Waals surface area contributed by atoms with Gasteiger partial charge in [-0.05, 0) is 64.7 Å². The number of nitrogens with zero attached hydrogens (tertiary/aromatic N) is 6. The number of nitrogens with one attached hydrogen (secondary N) is 3. The maximum atomic E-state index is 13.0. The second-order valence-corrected chi connectivity index (χ2v) is 10.4. The summed E-state index contributed by atoms with van der Waals surface area (Å²) in [7, 11) is 6.17. The zero-order valence-electron chi connectivity index (χ0n) is 23.3. The molecule has 3 N–H and O–H groups in total. The third-order valence-electron chi connectivity index (χ3n) is 6.63. The van der Waals surface area contributed by atoms with Gasteiger partial charge in [-0.1, -0.05) is 12.1 Å². The van der Waals surface area contributed by atoms with Crippen LogP contribution in [-0.2, 0) is 5.41 Å². The van der Waals surface area contributed by atoms with Gasteiger partial charge in [-0.15, -0.1) is 5.53 Å². The van der Waals surface area contributed by atoms with Gasteiger partial charge < -0.3 is 20.5 Å². The fourth-order valence-corrected chi connectivity index (χ4v) is 4.00. The number of rotatable bonds is 9. The largest absolute Gasteiger partial charge is 0.372 e. The van der Waals surface area contributed by atoms with Crippen LogP contribution in [0.25, 0.3) is 5.70 Å². The van der Waals surface area contributed by atoms with Gasteiger partial charge in [0.25, 0.3) is 5.91 Å². The number of hydrazine groups is 2. The van der Waals surface area contributed by atoms with E-state index < -0.39 is 5.41 Å². The van der Waals surface area contributed by atoms with Gasteiger partial charge in [0.05, 0.1) is 52.3 Å². The van der Waals surface area contributed by atoms with Crippen molar-refractivity contribution in [1.29, 1.82) is 5.26 Å². The van der Waals surface area contributed by atoms with Crippen molar-refractivity contribution in [3.63, 3.8) is 0 Å². The van der Waals surface area contributed by atoms with Crippen molar-refractivity contribution >= 4 is 28.7 Å². The Kier molecular flexibility index (Phi) is 8.14. The van der Waals surface area contributed by atoms with Crippen LogP contribution in [0.4, 0.5) is 17.1 Å². The van der Waals surface area contributed by atoms with Crippen molar-refractivity contribution < 1.29 is 4.79 Å². The van der Waals surface area contributed by atoms with E-state index in [1.807, 2.05) is 56.5 Å². The number of benzene rings is 1. The van der Waals surface area contributed by atoms with E-state index in [-0.39, 0.29) is 5.91 Å². The SMILES string of the molecule is Cc1ncc(NC(=O)c2cccc(C(C)(C)C#N)c2)cc1N1C=C(c2cncc(N(C)CCN(C)C)c2)NN1. The van der Waals surface area contributed by atoms with Crippen molar-refractivity contribution in [3.05, 3.63) is 83.6 Å². The molecule has 0 atom stereocenters. The highest BCUT2D eigenvalue weighted by Gasteiger charge is 2.22. The third-order valence-corrected chi connectivity index (χ3v) is 6.63. The molecule has 0 radical (unpaired) electrons. The maximum Gasteiger partial charge on any atom is 0.255 e. The molecule has 1 amide bonds. The second-order valence-electron chi connectivity index (χ2n) is 10.4. The quantitative estimate of drug-likeness (QED) is 0.385. The average Bonchev–Trinajstić information content (AvgIpc) is 3.43. The first-order valence-electron chi connectivity index (χ1n) is 12.7. The van der Waals surface area contributed by atoms with Crippen molar-refractivity contribution in [2.45, 2.75) is 26.2 Å². The van der Waals surface area contributed by atoms with Gasteiger partial charge >= 0.3 is 0 Å². The van der Waals surface area contributed by atoms with Crippen LogP contribution >= 0.6 is 0 Å². The van der Waals surface area contributed by atoms with E-state index in [1.165, 1.54) is 0 Å². The Morgan fingerprint density at radius 2 is 1.92 bits per heavy atom. The molecule has 39 heavy (non-hydrogen) atoms. The molecule has 0 spiro atoms. The van der Waals surface area contributed by atoms with E-state index in [9.17, 15) is 10.1 Å². The topological polar surface area (TPSA) is 112 Å². The first-order chi connectivity index (χ1) is 18.6. The molecule has 0 aliphatic carbocycles. The van der Waals surface area contributed by atoms with Gasteiger partial charge in [0.1, 0.15) is 0 Å². The number of hydrogen-bond donors (Lipinski definition) is 3. The van der Waals surface area contributed by atoms with Gasteiger partial charge in [0.15, 0.2) is 0 Å². The van der Waals surface area contributed by atoms with Crippen molar-refractivity contribution in [2.24, 2.45) is 0 Å². The first-order valence-corrected chi connectivity index (χ1v) is 12.7. The predicted molar refractivity (Wildman–Crippen MR) is 155 cm³/mol. The van der Waals surface area contributed by atoms with E-state index >= 15 is 0 Å². The molecular weight excluding hydrogens is 490 g/mol. The highest BCUT2D eigenvalue weighted by Crippen LogP contribution is 2.27. The molecule has 4 rings (SSSR count). The van der Waals surface area contributed by atoms with Crippen LogP contribution in [0, 0.1) is 18.3 Å². The van der Waals surface area contributed by atoms with Gasteiger partial charge in [-0.25, -0.2) is 0 Å². The first kappa shape index (κ1) is 27.6. The Balaban J connectivity index is 1.51. The maximum absolute atomic E-state index is 13.0. The van der Waals surface area contributed by atoms with Crippen LogP contribution in [0.1, 0.15) is 41.0 Å². The third kappa shape index (κ3) is 6.52. The molecule has 1 aliphatic rings. The van der Waals surface area contributed by atoms with E-state index in [0.29, 0.717) is 11.3 Å². The van der Waals surface area contributed by atoms with Gasteiger partial charge in [-0.3, -0.25) is 19.8 Å². The Morgan fingerprint density at radius 1 is 1.13 bits per heavy atom. The zero-order chi connectivity index (χ0) is 28.2. The molecule has 0 fully saturated rings. The summed E-state index contributed by atoms with van der Waals surface area (Å²) >= 11 is 0. The molecule has 2 aromatic heterocycles. The van der Waals surface area contributed by atoms with Crippen LogP contribution in [-0.4, -0.2) is 55.0 Å². The molecule has 0 bridgehead atoms. The van der Waals surface area contributed by atoms with Gasteiger partial charge in [0, 0.05) is 43.7 Å². The Morgan fingerprint density at radius 3 is 2.67 bits per heavy atom. The number of aromatic nitrogens is 2. The molecule has 0 unspecified atom stereocenters. The Hall–Kier alpha value is -4.46.